The summed E-state index contributed by atoms with van der Waals surface area (Å²) in [6, 6.07) is 0. The van der Waals surface area contributed by atoms with Crippen LogP contribution in [0.3, 0.4) is 0 Å². The third kappa shape index (κ3) is 3.32. The average molecular weight is 417 g/mol. The maximum atomic E-state index is 14.7. The number of imidazole rings is 1. The fraction of sp³-hybridized carbons (Fsp3) is 0.667. The van der Waals surface area contributed by atoms with Crippen LogP contribution in [0, 0.1) is 0 Å². The summed E-state index contributed by atoms with van der Waals surface area (Å²) in [6.07, 6.45) is -12.0. The number of fused-ring (bicyclic) bond motifs is 1. The molecule has 2 aromatic rings. The first kappa shape index (κ1) is 20.2. The molecule has 29 heavy (non-hydrogen) atoms. The fourth-order valence-electron chi connectivity index (χ4n) is 3.37. The van der Waals surface area contributed by atoms with E-state index >= 15 is 0 Å². The van der Waals surface area contributed by atoms with Crippen LogP contribution >= 0.6 is 0 Å². The van der Waals surface area contributed by atoms with Crippen molar-refractivity contribution in [3.8, 4) is 0 Å². The summed E-state index contributed by atoms with van der Waals surface area (Å²) < 4.78 is 31.4. The second-order valence-electron chi connectivity index (χ2n) is 6.75. The number of aliphatic hydroxyl groups is 5. The zero-order chi connectivity index (χ0) is 20.9. The van der Waals surface area contributed by atoms with Crippen LogP contribution in [0.5, 0.6) is 0 Å². The number of halogens is 1. The van der Waals surface area contributed by atoms with E-state index in [4.69, 9.17) is 25.1 Å². The van der Waals surface area contributed by atoms with Gasteiger partial charge in [-0.3, -0.25) is 4.57 Å². The summed E-state index contributed by atoms with van der Waals surface area (Å²) in [5.41, 5.74) is 6.15. The number of rotatable bonds is 5. The molecule has 0 bridgehead atoms. The molecule has 0 amide bonds. The van der Waals surface area contributed by atoms with Crippen molar-refractivity contribution in [1.82, 2.24) is 19.5 Å². The van der Waals surface area contributed by atoms with Crippen molar-refractivity contribution in [2.75, 3.05) is 12.3 Å². The minimum Gasteiger partial charge on any atom is -0.394 e. The van der Waals surface area contributed by atoms with Gasteiger partial charge in [-0.05, 0) is 0 Å². The van der Waals surface area contributed by atoms with Gasteiger partial charge in [0.25, 0.3) is 0 Å². The van der Waals surface area contributed by atoms with Crippen molar-refractivity contribution in [3.05, 3.63) is 12.7 Å². The molecule has 4 rings (SSSR count). The second-order valence-corrected chi connectivity index (χ2v) is 6.75. The Morgan fingerprint density at radius 2 is 1.86 bits per heavy atom. The molecular weight excluding hydrogens is 397 g/mol. The summed E-state index contributed by atoms with van der Waals surface area (Å²) in [5.74, 6) is 0.0920. The van der Waals surface area contributed by atoms with Gasteiger partial charge in [0.1, 0.15) is 48.5 Å². The van der Waals surface area contributed by atoms with Gasteiger partial charge < -0.3 is 45.5 Å². The molecule has 13 nitrogen and oxygen atoms in total. The van der Waals surface area contributed by atoms with Gasteiger partial charge >= 0.3 is 0 Å². The number of anilines is 1. The molecule has 14 heteroatoms. The Balaban J connectivity index is 1.50. The highest BCUT2D eigenvalue weighted by Gasteiger charge is 2.51. The Morgan fingerprint density at radius 1 is 1.10 bits per heavy atom. The zero-order valence-electron chi connectivity index (χ0n) is 14.8. The Labute approximate surface area is 162 Å². The maximum Gasteiger partial charge on any atom is 0.230 e. The van der Waals surface area contributed by atoms with Crippen LogP contribution in [-0.2, 0) is 14.2 Å². The first-order chi connectivity index (χ1) is 13.8. The normalized spacial score (nSPS) is 38.7. The standard InChI is InChI=1S/C15H20FN5O8/c16-11(29-15-9(26)6(23)4(1-22)27-15)10-7(24)8(25)14(28-10)21-3-20-5-12(17)18-2-19-13(5)21/h2-4,6-11,14-15,22-26H,1H2,(H2,17,18,19)/t4-,6-,7+,8-,9+,10+,11?,14-,15?/m1/s1. The SMILES string of the molecule is Nc1ncnc2c1ncn2[C@@H]1O[C@H](C(F)OC2O[C@H](CO)[C@@H](O)[C@@H]2O)[C@@H](O)[C@H]1O. The van der Waals surface area contributed by atoms with E-state index in [0.717, 1.165) is 0 Å². The number of nitrogens with zero attached hydrogens (tertiary/aromatic N) is 4. The summed E-state index contributed by atoms with van der Waals surface area (Å²) in [7, 11) is 0. The predicted molar refractivity (Wildman–Crippen MR) is 89.4 cm³/mol. The van der Waals surface area contributed by atoms with Crippen molar-refractivity contribution in [3.63, 3.8) is 0 Å². The number of aromatic nitrogens is 4. The Bertz CT molecular complexity index is 872. The van der Waals surface area contributed by atoms with Gasteiger partial charge in [0.05, 0.1) is 12.9 Å². The van der Waals surface area contributed by atoms with Gasteiger partial charge in [0.2, 0.25) is 6.36 Å². The molecule has 2 unspecified atom stereocenters. The molecular formula is C15H20FN5O8. The van der Waals surface area contributed by atoms with Crippen LogP contribution in [0.25, 0.3) is 11.2 Å². The first-order valence-electron chi connectivity index (χ1n) is 8.70. The van der Waals surface area contributed by atoms with Crippen molar-refractivity contribution in [2.24, 2.45) is 0 Å². The monoisotopic (exact) mass is 417 g/mol. The van der Waals surface area contributed by atoms with Gasteiger partial charge in [-0.15, -0.1) is 0 Å². The molecule has 0 spiro atoms. The van der Waals surface area contributed by atoms with Crippen molar-refractivity contribution < 1.29 is 44.1 Å². The average Bonchev–Trinajstić information content (AvgIpc) is 3.34. The molecule has 0 saturated carbocycles. The summed E-state index contributed by atoms with van der Waals surface area (Å²) in [5, 5.41) is 49.2. The van der Waals surface area contributed by atoms with Gasteiger partial charge in [-0.2, -0.15) is 0 Å². The molecule has 0 aliphatic carbocycles. The number of aliphatic hydroxyl groups excluding tert-OH is 5. The van der Waals surface area contributed by atoms with Crippen LogP contribution in [0.15, 0.2) is 12.7 Å². The van der Waals surface area contributed by atoms with Gasteiger partial charge in [-0.25, -0.2) is 19.3 Å². The van der Waals surface area contributed by atoms with Crippen molar-refractivity contribution in [1.29, 1.82) is 0 Å². The van der Waals surface area contributed by atoms with E-state index in [-0.39, 0.29) is 17.0 Å². The van der Waals surface area contributed by atoms with E-state index in [1.54, 1.807) is 0 Å². The van der Waals surface area contributed by atoms with Crippen LogP contribution in [0.2, 0.25) is 0 Å². The molecule has 2 aliphatic rings. The smallest absolute Gasteiger partial charge is 0.230 e. The molecule has 7 N–H and O–H groups in total. The third-order valence-electron chi connectivity index (χ3n) is 4.96. The van der Waals surface area contributed by atoms with E-state index in [2.05, 4.69) is 15.0 Å². The van der Waals surface area contributed by atoms with E-state index in [9.17, 15) is 24.8 Å². The number of alkyl halides is 1. The van der Waals surface area contributed by atoms with Crippen LogP contribution < -0.4 is 5.73 Å². The maximum absolute atomic E-state index is 14.7. The predicted octanol–water partition coefficient (Wildman–Crippen LogP) is -3.22. The molecule has 4 heterocycles. The lowest BCUT2D eigenvalue weighted by molar-refractivity contribution is -0.255. The number of ether oxygens (including phenoxy) is 3. The Morgan fingerprint density at radius 3 is 2.55 bits per heavy atom. The lowest BCUT2D eigenvalue weighted by atomic mass is 10.1. The molecule has 2 saturated heterocycles. The largest absolute Gasteiger partial charge is 0.394 e. The van der Waals surface area contributed by atoms with E-state index in [1.165, 1.54) is 17.2 Å². The number of nitrogen functional groups attached to an aromatic ring is 1. The molecule has 2 fully saturated rings. The van der Waals surface area contributed by atoms with Crippen molar-refractivity contribution in [2.45, 2.75) is 55.5 Å². The Hall–Kier alpha value is -2.04. The van der Waals surface area contributed by atoms with Gasteiger partial charge in [-0.1, -0.05) is 0 Å². The molecule has 0 aromatic carbocycles. The minimum absolute atomic E-state index is 0.0920. The first-order valence-corrected chi connectivity index (χ1v) is 8.70. The molecule has 0 radical (unpaired) electrons. The Kier molecular flexibility index (Phi) is 5.34. The van der Waals surface area contributed by atoms with Gasteiger partial charge in [0.15, 0.2) is 24.0 Å². The summed E-state index contributed by atoms with van der Waals surface area (Å²) >= 11 is 0. The number of hydrogen-bond donors (Lipinski definition) is 6. The number of nitrogens with two attached hydrogens (primary N) is 1. The quantitative estimate of drug-likeness (QED) is 0.285. The minimum atomic E-state index is -2.34. The van der Waals surface area contributed by atoms with E-state index in [1.807, 2.05) is 0 Å². The highest BCUT2D eigenvalue weighted by Crippen LogP contribution is 2.35. The van der Waals surface area contributed by atoms with Crippen LogP contribution in [-0.4, -0.2) is 101 Å². The second kappa shape index (κ2) is 7.66. The summed E-state index contributed by atoms with van der Waals surface area (Å²) in [6.45, 7) is -0.614. The lowest BCUT2D eigenvalue weighted by Crippen LogP contribution is -2.42. The molecule has 160 valence electrons. The van der Waals surface area contributed by atoms with Crippen molar-refractivity contribution >= 4 is 17.0 Å². The molecule has 2 aromatic heterocycles. The fourth-order valence-corrected chi connectivity index (χ4v) is 3.37. The van der Waals surface area contributed by atoms with Gasteiger partial charge in [0, 0.05) is 0 Å². The van der Waals surface area contributed by atoms with E-state index in [0.29, 0.717) is 0 Å². The topological polar surface area (TPSA) is 198 Å². The summed E-state index contributed by atoms with van der Waals surface area (Å²) in [4.78, 5) is 11.8. The van der Waals surface area contributed by atoms with Crippen LogP contribution in [0.1, 0.15) is 6.23 Å². The number of hydrogen-bond acceptors (Lipinski definition) is 12. The van der Waals surface area contributed by atoms with Crippen LogP contribution in [0.4, 0.5) is 10.2 Å². The highest BCUT2D eigenvalue weighted by molar-refractivity contribution is 5.81. The molecule has 2 aliphatic heterocycles. The molecule has 9 atom stereocenters. The lowest BCUT2D eigenvalue weighted by Gasteiger charge is -2.23. The van der Waals surface area contributed by atoms with E-state index < -0.39 is 62.1 Å². The zero-order valence-corrected chi connectivity index (χ0v) is 14.8. The third-order valence-corrected chi connectivity index (χ3v) is 4.96. The highest BCUT2D eigenvalue weighted by atomic mass is 19.1.